The molecule has 0 spiro atoms. The quantitative estimate of drug-likeness (QED) is 0.255. The van der Waals surface area contributed by atoms with Gasteiger partial charge in [-0.2, -0.15) is 0 Å². The minimum absolute atomic E-state index is 0.185. The standard InChI is InChI=1S/C28H32N4O2/c1-2-29-19-20-30-27(33)18-17-26(21-22-9-5-3-6-10-22)32-28(34)31-25-15-13-24(14-16-25)23-11-7-4-8-12-23/h3-18,26,29H,2,19-21H2,1H3,(H,30,33)(H2,31,32,34)/b18-17+/t26-/m1/s1. The Morgan fingerprint density at radius 1 is 0.824 bits per heavy atom. The lowest BCUT2D eigenvalue weighted by atomic mass is 10.1. The Kier molecular flexibility index (Phi) is 9.90. The molecule has 0 aliphatic carbocycles. The molecule has 176 valence electrons. The fraction of sp³-hybridized carbons (Fsp3) is 0.214. The van der Waals surface area contributed by atoms with Crippen molar-refractivity contribution in [2.75, 3.05) is 25.0 Å². The number of hydrogen-bond acceptors (Lipinski definition) is 3. The van der Waals surface area contributed by atoms with Gasteiger partial charge in [-0.15, -0.1) is 0 Å². The summed E-state index contributed by atoms with van der Waals surface area (Å²) in [4.78, 5) is 24.8. The van der Waals surface area contributed by atoms with Gasteiger partial charge in [0.05, 0.1) is 6.04 Å². The minimum atomic E-state index is -0.342. The molecule has 0 radical (unpaired) electrons. The lowest BCUT2D eigenvalue weighted by Crippen LogP contribution is -2.38. The van der Waals surface area contributed by atoms with Crippen LogP contribution in [-0.2, 0) is 11.2 Å². The summed E-state index contributed by atoms with van der Waals surface area (Å²) in [6.45, 7) is 4.14. The smallest absolute Gasteiger partial charge is 0.319 e. The maximum atomic E-state index is 12.7. The zero-order valence-electron chi connectivity index (χ0n) is 19.5. The first kappa shape index (κ1) is 24.7. The fourth-order valence-corrected chi connectivity index (χ4v) is 3.46. The largest absolute Gasteiger partial charge is 0.351 e. The number of likely N-dealkylation sites (N-methyl/N-ethyl adjacent to an activating group) is 1. The summed E-state index contributed by atoms with van der Waals surface area (Å²) in [5.41, 5.74) is 3.96. The van der Waals surface area contributed by atoms with E-state index in [0.29, 0.717) is 25.2 Å². The van der Waals surface area contributed by atoms with E-state index in [1.165, 1.54) is 6.08 Å². The first-order valence-corrected chi connectivity index (χ1v) is 11.6. The van der Waals surface area contributed by atoms with Crippen molar-refractivity contribution in [1.82, 2.24) is 16.0 Å². The Balaban J connectivity index is 1.59. The molecular formula is C28H32N4O2. The number of urea groups is 1. The van der Waals surface area contributed by atoms with Crippen molar-refractivity contribution in [2.24, 2.45) is 0 Å². The third-order valence-electron chi connectivity index (χ3n) is 5.20. The average Bonchev–Trinajstić information content (AvgIpc) is 2.87. The fourth-order valence-electron chi connectivity index (χ4n) is 3.46. The molecule has 6 heteroatoms. The zero-order valence-corrected chi connectivity index (χ0v) is 19.5. The van der Waals surface area contributed by atoms with E-state index >= 15 is 0 Å². The molecule has 4 N–H and O–H groups in total. The molecule has 0 unspecified atom stereocenters. The zero-order chi connectivity index (χ0) is 24.0. The molecule has 0 saturated heterocycles. The molecule has 3 rings (SSSR count). The molecule has 0 aliphatic rings. The van der Waals surface area contributed by atoms with Gasteiger partial charge in [-0.25, -0.2) is 4.79 Å². The highest BCUT2D eigenvalue weighted by atomic mass is 16.2. The molecule has 6 nitrogen and oxygen atoms in total. The predicted molar refractivity (Wildman–Crippen MR) is 139 cm³/mol. The van der Waals surface area contributed by atoms with Crippen LogP contribution in [0.2, 0.25) is 0 Å². The van der Waals surface area contributed by atoms with Crippen molar-refractivity contribution in [3.63, 3.8) is 0 Å². The molecule has 3 aromatic rings. The summed E-state index contributed by atoms with van der Waals surface area (Å²) < 4.78 is 0. The van der Waals surface area contributed by atoms with Crippen LogP contribution in [0.15, 0.2) is 97.1 Å². The monoisotopic (exact) mass is 456 g/mol. The molecule has 0 aliphatic heterocycles. The van der Waals surface area contributed by atoms with Gasteiger partial charge in [-0.1, -0.05) is 85.8 Å². The number of amides is 3. The van der Waals surface area contributed by atoms with E-state index in [1.807, 2.05) is 91.9 Å². The van der Waals surface area contributed by atoms with Gasteiger partial charge in [0.2, 0.25) is 5.91 Å². The highest BCUT2D eigenvalue weighted by Crippen LogP contribution is 2.21. The molecule has 34 heavy (non-hydrogen) atoms. The Hall–Kier alpha value is -3.90. The van der Waals surface area contributed by atoms with Crippen LogP contribution >= 0.6 is 0 Å². The Labute approximate surface area is 201 Å². The van der Waals surface area contributed by atoms with Crippen LogP contribution in [0.5, 0.6) is 0 Å². The number of carbonyl (C=O) groups is 2. The van der Waals surface area contributed by atoms with Crippen LogP contribution in [0, 0.1) is 0 Å². The molecular weight excluding hydrogens is 424 g/mol. The van der Waals surface area contributed by atoms with E-state index < -0.39 is 0 Å². The van der Waals surface area contributed by atoms with Crippen LogP contribution < -0.4 is 21.3 Å². The average molecular weight is 457 g/mol. The van der Waals surface area contributed by atoms with Gasteiger partial charge in [0.25, 0.3) is 0 Å². The Morgan fingerprint density at radius 2 is 1.47 bits per heavy atom. The van der Waals surface area contributed by atoms with Gasteiger partial charge in [-0.05, 0) is 41.8 Å². The molecule has 0 fully saturated rings. The number of carbonyl (C=O) groups excluding carboxylic acids is 2. The van der Waals surface area contributed by atoms with E-state index in [4.69, 9.17) is 0 Å². The Bertz CT molecular complexity index is 1050. The van der Waals surface area contributed by atoms with Gasteiger partial charge in [0, 0.05) is 24.9 Å². The van der Waals surface area contributed by atoms with E-state index in [2.05, 4.69) is 21.3 Å². The highest BCUT2D eigenvalue weighted by molar-refractivity contribution is 5.90. The molecule has 0 saturated carbocycles. The van der Waals surface area contributed by atoms with Crippen molar-refractivity contribution in [1.29, 1.82) is 0 Å². The molecule has 1 atom stereocenters. The van der Waals surface area contributed by atoms with E-state index in [9.17, 15) is 9.59 Å². The van der Waals surface area contributed by atoms with Gasteiger partial charge < -0.3 is 21.3 Å². The normalized spacial score (nSPS) is 11.7. The first-order valence-electron chi connectivity index (χ1n) is 11.6. The third kappa shape index (κ3) is 8.56. The van der Waals surface area contributed by atoms with Crippen LogP contribution in [0.25, 0.3) is 11.1 Å². The molecule has 0 aromatic heterocycles. The molecule has 3 aromatic carbocycles. The molecule has 0 heterocycles. The van der Waals surface area contributed by atoms with Crippen LogP contribution in [0.4, 0.5) is 10.5 Å². The summed E-state index contributed by atoms with van der Waals surface area (Å²) in [5, 5.41) is 11.8. The highest BCUT2D eigenvalue weighted by Gasteiger charge is 2.11. The number of nitrogens with one attached hydrogen (secondary N) is 4. The van der Waals surface area contributed by atoms with Gasteiger partial charge in [0.1, 0.15) is 0 Å². The Morgan fingerprint density at radius 3 is 2.15 bits per heavy atom. The third-order valence-corrected chi connectivity index (χ3v) is 5.20. The van der Waals surface area contributed by atoms with Crippen molar-refractivity contribution in [3.8, 4) is 11.1 Å². The lowest BCUT2D eigenvalue weighted by molar-refractivity contribution is -0.116. The first-order chi connectivity index (χ1) is 16.6. The van der Waals surface area contributed by atoms with E-state index in [1.54, 1.807) is 6.08 Å². The summed E-state index contributed by atoms with van der Waals surface area (Å²) >= 11 is 0. The second-order valence-electron chi connectivity index (χ2n) is 7.84. The summed E-state index contributed by atoms with van der Waals surface area (Å²) in [7, 11) is 0. The lowest BCUT2D eigenvalue weighted by Gasteiger charge is -2.16. The topological polar surface area (TPSA) is 82.3 Å². The summed E-state index contributed by atoms with van der Waals surface area (Å²) in [6, 6.07) is 27.0. The second-order valence-corrected chi connectivity index (χ2v) is 7.84. The second kappa shape index (κ2) is 13.6. The van der Waals surface area contributed by atoms with Crippen LogP contribution in [0.1, 0.15) is 12.5 Å². The van der Waals surface area contributed by atoms with Gasteiger partial charge in [-0.3, -0.25) is 4.79 Å². The maximum absolute atomic E-state index is 12.7. The van der Waals surface area contributed by atoms with Crippen molar-refractivity contribution in [3.05, 3.63) is 103 Å². The van der Waals surface area contributed by atoms with Crippen LogP contribution in [0.3, 0.4) is 0 Å². The van der Waals surface area contributed by atoms with Gasteiger partial charge in [0.15, 0.2) is 0 Å². The summed E-state index contributed by atoms with van der Waals surface area (Å²) in [5.74, 6) is -0.185. The number of anilines is 1. The summed E-state index contributed by atoms with van der Waals surface area (Å²) in [6.07, 6.45) is 3.78. The van der Waals surface area contributed by atoms with Crippen molar-refractivity contribution in [2.45, 2.75) is 19.4 Å². The SMILES string of the molecule is CCNCCNC(=O)/C=C/[C@H](Cc1ccccc1)NC(=O)Nc1ccc(-c2ccccc2)cc1. The minimum Gasteiger partial charge on any atom is -0.351 e. The number of hydrogen-bond donors (Lipinski definition) is 4. The van der Waals surface area contributed by atoms with E-state index in [0.717, 1.165) is 23.2 Å². The maximum Gasteiger partial charge on any atom is 0.319 e. The number of benzene rings is 3. The van der Waals surface area contributed by atoms with Crippen LogP contribution in [-0.4, -0.2) is 37.6 Å². The van der Waals surface area contributed by atoms with Crippen molar-refractivity contribution >= 4 is 17.6 Å². The van der Waals surface area contributed by atoms with Gasteiger partial charge >= 0.3 is 6.03 Å². The predicted octanol–water partition coefficient (Wildman–Crippen LogP) is 4.37. The molecule has 3 amide bonds. The van der Waals surface area contributed by atoms with Crippen molar-refractivity contribution < 1.29 is 9.59 Å². The van der Waals surface area contributed by atoms with E-state index in [-0.39, 0.29) is 18.0 Å². The molecule has 0 bridgehead atoms. The number of rotatable bonds is 11.